The van der Waals surface area contributed by atoms with Crippen LogP contribution in [0.4, 0.5) is 0 Å². The SMILES string of the molecule is C1=CC2C([Si]c3cccc(-n4c5ccccc5c5ccccc54)c3)C=CC3CCc4cccc1c4C32. The van der Waals surface area contributed by atoms with Crippen molar-refractivity contribution in [2.75, 3.05) is 0 Å². The molecule has 4 unspecified atom stereocenters. The number of aromatic nitrogens is 1. The minimum Gasteiger partial charge on any atom is -0.309 e. The van der Waals surface area contributed by atoms with Crippen LogP contribution in [-0.4, -0.2) is 14.1 Å². The molecule has 0 N–H and O–H groups in total. The summed E-state index contributed by atoms with van der Waals surface area (Å²) in [4.78, 5) is 0. The third-order valence-electron chi connectivity index (χ3n) is 8.68. The Hall–Kier alpha value is -3.62. The summed E-state index contributed by atoms with van der Waals surface area (Å²) in [5.74, 6) is 1.95. The van der Waals surface area contributed by atoms with Gasteiger partial charge in [-0.25, -0.2) is 0 Å². The Kier molecular flexibility index (Phi) is 4.54. The molecule has 0 saturated heterocycles. The van der Waals surface area contributed by atoms with Crippen molar-refractivity contribution in [1.29, 1.82) is 0 Å². The van der Waals surface area contributed by atoms with Crippen molar-refractivity contribution in [1.82, 2.24) is 4.57 Å². The second-order valence-corrected chi connectivity index (χ2v) is 12.1. The zero-order valence-electron chi connectivity index (χ0n) is 20.1. The molecular weight excluding hydrogens is 450 g/mol. The van der Waals surface area contributed by atoms with E-state index in [1.54, 1.807) is 11.1 Å². The van der Waals surface area contributed by atoms with E-state index in [1.165, 1.54) is 51.1 Å². The van der Waals surface area contributed by atoms with E-state index in [9.17, 15) is 0 Å². The van der Waals surface area contributed by atoms with Gasteiger partial charge < -0.3 is 4.57 Å². The number of para-hydroxylation sites is 2. The van der Waals surface area contributed by atoms with Crippen LogP contribution >= 0.6 is 0 Å². The Balaban J connectivity index is 1.19. The van der Waals surface area contributed by atoms with Crippen molar-refractivity contribution >= 4 is 42.6 Å². The highest BCUT2D eigenvalue weighted by Gasteiger charge is 2.41. The molecule has 4 atom stereocenters. The van der Waals surface area contributed by atoms with Crippen LogP contribution in [0.15, 0.2) is 109 Å². The normalized spacial score (nSPS) is 23.8. The summed E-state index contributed by atoms with van der Waals surface area (Å²) in [6, 6.07) is 33.8. The Bertz CT molecular complexity index is 1650. The first kappa shape index (κ1) is 20.6. The van der Waals surface area contributed by atoms with Gasteiger partial charge in [0, 0.05) is 16.5 Å². The molecular formula is C34H27NSi. The fourth-order valence-corrected chi connectivity index (χ4v) is 8.68. The molecule has 5 aromatic rings. The first-order valence-corrected chi connectivity index (χ1v) is 14.3. The molecule has 1 heterocycles. The average molecular weight is 478 g/mol. The van der Waals surface area contributed by atoms with Crippen molar-refractivity contribution in [3.05, 3.63) is 126 Å². The smallest absolute Gasteiger partial charge is 0.0891 e. The van der Waals surface area contributed by atoms with Crippen LogP contribution in [0.25, 0.3) is 33.6 Å². The largest absolute Gasteiger partial charge is 0.309 e. The van der Waals surface area contributed by atoms with Gasteiger partial charge in [0.2, 0.25) is 0 Å². The molecule has 8 rings (SSSR count). The minimum absolute atomic E-state index is 0.565. The highest BCUT2D eigenvalue weighted by atomic mass is 28.2. The van der Waals surface area contributed by atoms with E-state index < -0.39 is 0 Å². The molecule has 0 fully saturated rings. The van der Waals surface area contributed by atoms with Crippen LogP contribution in [0, 0.1) is 11.8 Å². The zero-order valence-corrected chi connectivity index (χ0v) is 21.1. The molecule has 172 valence electrons. The molecule has 0 saturated carbocycles. The quantitative estimate of drug-likeness (QED) is 0.188. The highest BCUT2D eigenvalue weighted by molar-refractivity contribution is 6.55. The van der Waals surface area contributed by atoms with E-state index in [-0.39, 0.29) is 0 Å². The Morgan fingerprint density at radius 1 is 0.722 bits per heavy atom. The van der Waals surface area contributed by atoms with Crippen LogP contribution in [0.5, 0.6) is 0 Å². The molecule has 0 aliphatic heterocycles. The van der Waals surface area contributed by atoms with Crippen LogP contribution < -0.4 is 5.19 Å². The van der Waals surface area contributed by atoms with Crippen molar-refractivity contribution < 1.29 is 0 Å². The summed E-state index contributed by atoms with van der Waals surface area (Å²) in [6.07, 6.45) is 12.6. The first-order chi connectivity index (χ1) is 17.8. The van der Waals surface area contributed by atoms with Crippen LogP contribution in [0.3, 0.4) is 0 Å². The Labute approximate surface area is 214 Å². The molecule has 4 aromatic carbocycles. The number of allylic oxidation sites excluding steroid dienone is 3. The summed E-state index contributed by atoms with van der Waals surface area (Å²) in [7, 11) is 0.765. The lowest BCUT2D eigenvalue weighted by molar-refractivity contribution is 0.345. The van der Waals surface area contributed by atoms with Gasteiger partial charge in [-0.1, -0.05) is 96.2 Å². The van der Waals surface area contributed by atoms with Gasteiger partial charge in [-0.05, 0) is 77.1 Å². The Morgan fingerprint density at radius 2 is 1.50 bits per heavy atom. The van der Waals surface area contributed by atoms with Crippen LogP contribution in [0.1, 0.15) is 29.0 Å². The molecule has 36 heavy (non-hydrogen) atoms. The van der Waals surface area contributed by atoms with Gasteiger partial charge in [-0.15, -0.1) is 0 Å². The van der Waals surface area contributed by atoms with Gasteiger partial charge in [0.25, 0.3) is 0 Å². The molecule has 1 nitrogen and oxygen atoms in total. The summed E-state index contributed by atoms with van der Waals surface area (Å²) in [6.45, 7) is 0. The summed E-state index contributed by atoms with van der Waals surface area (Å²) in [5.41, 5.74) is 9.09. The maximum Gasteiger partial charge on any atom is 0.0891 e. The topological polar surface area (TPSA) is 4.93 Å². The second kappa shape index (κ2) is 7.94. The number of hydrogen-bond donors (Lipinski definition) is 0. The molecule has 0 bridgehead atoms. The summed E-state index contributed by atoms with van der Waals surface area (Å²) in [5, 5.41) is 4.09. The maximum atomic E-state index is 2.56. The van der Waals surface area contributed by atoms with E-state index >= 15 is 0 Å². The Morgan fingerprint density at radius 3 is 2.33 bits per heavy atom. The highest BCUT2D eigenvalue weighted by Crippen LogP contribution is 2.53. The van der Waals surface area contributed by atoms with Crippen LogP contribution in [0.2, 0.25) is 5.54 Å². The minimum atomic E-state index is 0.565. The van der Waals surface area contributed by atoms with E-state index in [0.717, 1.165) is 9.52 Å². The lowest BCUT2D eigenvalue weighted by Gasteiger charge is -2.45. The van der Waals surface area contributed by atoms with Gasteiger partial charge in [0.15, 0.2) is 0 Å². The van der Waals surface area contributed by atoms with E-state index in [1.807, 2.05) is 0 Å². The molecule has 3 aliphatic carbocycles. The van der Waals surface area contributed by atoms with Gasteiger partial charge in [-0.3, -0.25) is 0 Å². The molecule has 3 aliphatic rings. The van der Waals surface area contributed by atoms with Gasteiger partial charge in [-0.2, -0.15) is 0 Å². The fraction of sp³-hybridized carbons (Fsp3) is 0.176. The molecule has 0 amide bonds. The van der Waals surface area contributed by atoms with Crippen molar-refractivity contribution in [2.24, 2.45) is 11.8 Å². The molecule has 0 spiro atoms. The molecule has 2 heteroatoms. The predicted octanol–water partition coefficient (Wildman–Crippen LogP) is 7.46. The van der Waals surface area contributed by atoms with Gasteiger partial charge >= 0.3 is 0 Å². The standard InChI is InChI=1S/C34H27NSi/c1-3-13-30-27(11-1)28-12-2-4-14-31(28)35(30)25-9-6-10-26(21-25)36-32-20-18-24-16-15-22-7-5-8-23-17-19-29(32)34(24)33(22)23/h1-14,17-21,24,29,32,34H,15-16H2. The van der Waals surface area contributed by atoms with Gasteiger partial charge in [0.05, 0.1) is 20.6 Å². The second-order valence-electron chi connectivity index (χ2n) is 10.6. The van der Waals surface area contributed by atoms with E-state index in [4.69, 9.17) is 0 Å². The third-order valence-corrected chi connectivity index (χ3v) is 10.2. The number of nitrogens with zero attached hydrogens (tertiary/aromatic N) is 1. The lowest BCUT2D eigenvalue weighted by Crippen LogP contribution is -2.36. The summed E-state index contributed by atoms with van der Waals surface area (Å²) >= 11 is 0. The lowest BCUT2D eigenvalue weighted by atomic mass is 9.62. The van der Waals surface area contributed by atoms with Crippen molar-refractivity contribution in [3.8, 4) is 5.69 Å². The number of aryl methyl sites for hydroxylation is 1. The van der Waals surface area contributed by atoms with E-state index in [2.05, 4.69) is 120 Å². The summed E-state index contributed by atoms with van der Waals surface area (Å²) < 4.78 is 2.44. The molecule has 1 aromatic heterocycles. The fourth-order valence-electron chi connectivity index (χ4n) is 7.15. The third kappa shape index (κ3) is 3.01. The first-order valence-electron chi connectivity index (χ1n) is 13.2. The number of rotatable bonds is 3. The molecule has 2 radical (unpaired) electrons. The monoisotopic (exact) mass is 477 g/mol. The maximum absolute atomic E-state index is 2.56. The van der Waals surface area contributed by atoms with Crippen molar-refractivity contribution in [3.63, 3.8) is 0 Å². The average Bonchev–Trinajstić information content (AvgIpc) is 3.27. The van der Waals surface area contributed by atoms with Crippen molar-refractivity contribution in [2.45, 2.75) is 24.3 Å². The number of fused-ring (bicyclic) bond motifs is 3. The number of benzene rings is 4. The van der Waals surface area contributed by atoms with Gasteiger partial charge in [0.1, 0.15) is 0 Å². The number of hydrogen-bond acceptors (Lipinski definition) is 0. The zero-order chi connectivity index (χ0) is 23.6. The van der Waals surface area contributed by atoms with Crippen LogP contribution in [-0.2, 0) is 6.42 Å². The van der Waals surface area contributed by atoms with E-state index in [0.29, 0.717) is 23.3 Å². The predicted molar refractivity (Wildman–Crippen MR) is 153 cm³/mol.